The third-order valence-electron chi connectivity index (χ3n) is 3.18. The molecule has 1 nitrogen and oxygen atoms in total. The zero-order chi connectivity index (χ0) is 12.0. The molecule has 1 N–H and O–H groups in total. The van der Waals surface area contributed by atoms with Crippen molar-refractivity contribution >= 4 is 31.8 Å². The van der Waals surface area contributed by atoms with Crippen LogP contribution in [0.4, 0.5) is 0 Å². The molecular formula is C15H17NS. The summed E-state index contributed by atoms with van der Waals surface area (Å²) in [5, 5.41) is 2.64. The van der Waals surface area contributed by atoms with E-state index in [1.165, 1.54) is 26.7 Å². The molecule has 0 unspecified atom stereocenters. The summed E-state index contributed by atoms with van der Waals surface area (Å²) in [5.74, 6) is 0. The second kappa shape index (κ2) is 3.54. The Morgan fingerprint density at radius 1 is 0.824 bits per heavy atom. The lowest BCUT2D eigenvalue weighted by Crippen LogP contribution is -1.92. The highest BCUT2D eigenvalue weighted by Crippen LogP contribution is 2.46. The number of aromatic nitrogens is 1. The minimum atomic E-state index is -0.652. The van der Waals surface area contributed by atoms with Gasteiger partial charge in [0.15, 0.2) is 0 Å². The number of hydrogen-bond donors (Lipinski definition) is 1. The SMILES string of the molecule is CS(C)(C)c1ccc2c(c1)[nH]c1ccccc12. The number of benzene rings is 2. The van der Waals surface area contributed by atoms with Gasteiger partial charge >= 0.3 is 0 Å². The number of para-hydroxylation sites is 1. The van der Waals surface area contributed by atoms with Gasteiger partial charge < -0.3 is 4.98 Å². The second-order valence-electron chi connectivity index (χ2n) is 5.22. The molecule has 2 heteroatoms. The van der Waals surface area contributed by atoms with Gasteiger partial charge in [0.05, 0.1) is 0 Å². The summed E-state index contributed by atoms with van der Waals surface area (Å²) in [6.07, 6.45) is 6.99. The van der Waals surface area contributed by atoms with Crippen molar-refractivity contribution in [3.63, 3.8) is 0 Å². The van der Waals surface area contributed by atoms with Crippen molar-refractivity contribution in [1.29, 1.82) is 0 Å². The summed E-state index contributed by atoms with van der Waals surface area (Å²) >= 11 is 0. The fourth-order valence-corrected chi connectivity index (χ4v) is 3.16. The highest BCUT2D eigenvalue weighted by molar-refractivity contribution is 8.32. The molecule has 0 saturated heterocycles. The van der Waals surface area contributed by atoms with Crippen LogP contribution in [0, 0.1) is 0 Å². The smallest absolute Gasteiger partial charge is 0.0475 e. The van der Waals surface area contributed by atoms with Gasteiger partial charge in [-0.1, -0.05) is 24.3 Å². The molecule has 0 atom stereocenters. The van der Waals surface area contributed by atoms with Gasteiger partial charge in [0.2, 0.25) is 0 Å². The van der Waals surface area contributed by atoms with Crippen LogP contribution in [0.2, 0.25) is 0 Å². The average molecular weight is 243 g/mol. The third kappa shape index (κ3) is 1.73. The molecule has 1 aromatic heterocycles. The molecule has 0 aliphatic rings. The van der Waals surface area contributed by atoms with E-state index in [1.54, 1.807) is 0 Å². The summed E-state index contributed by atoms with van der Waals surface area (Å²) < 4.78 is 0. The molecular weight excluding hydrogens is 226 g/mol. The second-order valence-corrected chi connectivity index (χ2v) is 9.36. The normalized spacial score (nSPS) is 13.4. The molecule has 0 bridgehead atoms. The van der Waals surface area contributed by atoms with E-state index >= 15 is 0 Å². The monoisotopic (exact) mass is 243 g/mol. The van der Waals surface area contributed by atoms with E-state index in [0.29, 0.717) is 0 Å². The number of rotatable bonds is 1. The Balaban J connectivity index is 2.34. The topological polar surface area (TPSA) is 15.8 Å². The maximum atomic E-state index is 3.50. The molecule has 1 heterocycles. The molecule has 2 aromatic carbocycles. The van der Waals surface area contributed by atoms with Crippen molar-refractivity contribution in [2.75, 3.05) is 18.8 Å². The van der Waals surface area contributed by atoms with Crippen LogP contribution in [0.25, 0.3) is 21.8 Å². The molecule has 0 aliphatic carbocycles. The molecule has 0 fully saturated rings. The van der Waals surface area contributed by atoms with Gasteiger partial charge in [-0.15, -0.1) is 0 Å². The van der Waals surface area contributed by atoms with Gasteiger partial charge in [0.25, 0.3) is 0 Å². The van der Waals surface area contributed by atoms with Crippen LogP contribution in [0.15, 0.2) is 47.4 Å². The number of aromatic amines is 1. The molecule has 0 amide bonds. The zero-order valence-corrected chi connectivity index (χ0v) is 11.3. The summed E-state index contributed by atoms with van der Waals surface area (Å²) in [4.78, 5) is 4.96. The fourth-order valence-electron chi connectivity index (χ4n) is 2.21. The Morgan fingerprint density at radius 3 is 2.29 bits per heavy atom. The molecule has 0 saturated carbocycles. The summed E-state index contributed by atoms with van der Waals surface area (Å²) in [6.45, 7) is 0. The zero-order valence-electron chi connectivity index (χ0n) is 10.4. The Hall–Kier alpha value is -1.41. The fraction of sp³-hybridized carbons (Fsp3) is 0.200. The third-order valence-corrected chi connectivity index (χ3v) is 4.85. The first-order valence-electron chi connectivity index (χ1n) is 5.74. The van der Waals surface area contributed by atoms with E-state index in [9.17, 15) is 0 Å². The van der Waals surface area contributed by atoms with Crippen LogP contribution in [0.1, 0.15) is 0 Å². The van der Waals surface area contributed by atoms with Gasteiger partial charge in [-0.3, -0.25) is 0 Å². The van der Waals surface area contributed by atoms with Crippen LogP contribution >= 0.6 is 10.0 Å². The number of H-pyrrole nitrogens is 1. The minimum absolute atomic E-state index is 0.652. The van der Waals surface area contributed by atoms with E-state index in [1.807, 2.05) is 0 Å². The minimum Gasteiger partial charge on any atom is -0.354 e. The predicted molar refractivity (Wildman–Crippen MR) is 79.4 cm³/mol. The van der Waals surface area contributed by atoms with Gasteiger partial charge in [0, 0.05) is 21.8 Å². The van der Waals surface area contributed by atoms with Crippen LogP contribution < -0.4 is 0 Å². The highest BCUT2D eigenvalue weighted by Gasteiger charge is 2.10. The Kier molecular flexibility index (Phi) is 2.23. The highest BCUT2D eigenvalue weighted by atomic mass is 32.3. The molecule has 0 radical (unpaired) electrons. The maximum Gasteiger partial charge on any atom is 0.0475 e. The molecule has 3 aromatic rings. The van der Waals surface area contributed by atoms with Crippen LogP contribution in [0.5, 0.6) is 0 Å². The van der Waals surface area contributed by atoms with E-state index in [4.69, 9.17) is 0 Å². The summed E-state index contributed by atoms with van der Waals surface area (Å²) in [7, 11) is -0.652. The van der Waals surface area contributed by atoms with Gasteiger partial charge in [-0.2, -0.15) is 0 Å². The lowest BCUT2D eigenvalue weighted by molar-refractivity contribution is 1.44. The van der Waals surface area contributed by atoms with Crippen LogP contribution in [0.3, 0.4) is 0 Å². The van der Waals surface area contributed by atoms with Crippen molar-refractivity contribution in [2.45, 2.75) is 4.90 Å². The number of nitrogens with one attached hydrogen (secondary N) is 1. The van der Waals surface area contributed by atoms with E-state index in [2.05, 4.69) is 66.2 Å². The summed E-state index contributed by atoms with van der Waals surface area (Å²) in [5.41, 5.74) is 2.48. The quantitative estimate of drug-likeness (QED) is 0.653. The van der Waals surface area contributed by atoms with E-state index in [0.717, 1.165) is 0 Å². The van der Waals surface area contributed by atoms with E-state index < -0.39 is 10.0 Å². The first kappa shape index (κ1) is 10.7. The number of hydrogen-bond acceptors (Lipinski definition) is 0. The standard InChI is InChI=1S/C15H17NS/c1-17(2,3)11-8-9-13-12-6-4-5-7-14(12)16-15(13)10-11/h4-10,16H,1-3H3. The van der Waals surface area contributed by atoms with Gasteiger partial charge in [0.1, 0.15) is 0 Å². The van der Waals surface area contributed by atoms with Crippen molar-refractivity contribution in [3.8, 4) is 0 Å². The maximum absolute atomic E-state index is 3.50. The average Bonchev–Trinajstić information content (AvgIpc) is 2.65. The lowest BCUT2D eigenvalue weighted by Gasteiger charge is -2.25. The lowest BCUT2D eigenvalue weighted by atomic mass is 10.2. The Morgan fingerprint density at radius 2 is 1.53 bits per heavy atom. The van der Waals surface area contributed by atoms with Crippen LogP contribution in [-0.4, -0.2) is 23.8 Å². The van der Waals surface area contributed by atoms with Gasteiger partial charge in [-0.05, 0) is 41.9 Å². The molecule has 0 aliphatic heterocycles. The Bertz CT molecular complexity index is 689. The summed E-state index contributed by atoms with van der Waals surface area (Å²) in [6, 6.07) is 15.3. The van der Waals surface area contributed by atoms with Crippen molar-refractivity contribution < 1.29 is 0 Å². The first-order chi connectivity index (χ1) is 8.05. The first-order valence-corrected chi connectivity index (χ1v) is 8.60. The van der Waals surface area contributed by atoms with Crippen molar-refractivity contribution in [1.82, 2.24) is 4.98 Å². The van der Waals surface area contributed by atoms with Crippen LogP contribution in [-0.2, 0) is 0 Å². The molecule has 3 rings (SSSR count). The van der Waals surface area contributed by atoms with Crippen molar-refractivity contribution in [2.24, 2.45) is 0 Å². The van der Waals surface area contributed by atoms with Gasteiger partial charge in [-0.25, -0.2) is 10.0 Å². The largest absolute Gasteiger partial charge is 0.354 e. The molecule has 17 heavy (non-hydrogen) atoms. The van der Waals surface area contributed by atoms with Crippen molar-refractivity contribution in [3.05, 3.63) is 42.5 Å². The predicted octanol–water partition coefficient (Wildman–Crippen LogP) is 4.37. The molecule has 0 spiro atoms. The molecule has 88 valence electrons. The van der Waals surface area contributed by atoms with E-state index in [-0.39, 0.29) is 0 Å². The Labute approximate surface area is 103 Å². The number of fused-ring (bicyclic) bond motifs is 3.